The summed E-state index contributed by atoms with van der Waals surface area (Å²) < 4.78 is 10.9. The summed E-state index contributed by atoms with van der Waals surface area (Å²) in [7, 11) is 0. The second kappa shape index (κ2) is 7.33. The second-order valence-electron chi connectivity index (χ2n) is 5.96. The molecule has 0 aliphatic carbocycles. The average molecular weight is 324 g/mol. The molecule has 1 amide bonds. The lowest BCUT2D eigenvalue weighted by Gasteiger charge is -2.31. The van der Waals surface area contributed by atoms with E-state index in [1.165, 1.54) is 0 Å². The quantitative estimate of drug-likeness (QED) is 0.918. The summed E-state index contributed by atoms with van der Waals surface area (Å²) >= 11 is 0. The van der Waals surface area contributed by atoms with E-state index in [1.54, 1.807) is 0 Å². The van der Waals surface area contributed by atoms with E-state index in [0.29, 0.717) is 26.1 Å². The highest BCUT2D eigenvalue weighted by Gasteiger charge is 2.33. The van der Waals surface area contributed by atoms with Crippen LogP contribution in [-0.2, 0) is 9.53 Å². The first-order chi connectivity index (χ1) is 11.7. The van der Waals surface area contributed by atoms with E-state index in [-0.39, 0.29) is 18.9 Å². The zero-order valence-corrected chi connectivity index (χ0v) is 13.5. The number of hydrogen-bond donors (Lipinski definition) is 1. The Morgan fingerprint density at radius 2 is 1.96 bits per heavy atom. The molecule has 24 heavy (non-hydrogen) atoms. The van der Waals surface area contributed by atoms with E-state index in [2.05, 4.69) is 11.4 Å². The van der Waals surface area contributed by atoms with Crippen LogP contribution >= 0.6 is 0 Å². The van der Waals surface area contributed by atoms with Gasteiger partial charge in [-0.3, -0.25) is 4.79 Å². The minimum atomic E-state index is -0.793. The van der Waals surface area contributed by atoms with Crippen molar-refractivity contribution in [3.63, 3.8) is 0 Å². The molecule has 0 bridgehead atoms. The highest BCUT2D eigenvalue weighted by Crippen LogP contribution is 2.21. The van der Waals surface area contributed by atoms with Crippen molar-refractivity contribution in [3.8, 4) is 11.8 Å². The first kappa shape index (κ1) is 16.3. The summed E-state index contributed by atoms with van der Waals surface area (Å²) in [5.74, 6) is 0.571. The minimum Gasteiger partial charge on any atom is -0.493 e. The van der Waals surface area contributed by atoms with Crippen LogP contribution in [0.5, 0.6) is 5.75 Å². The largest absolute Gasteiger partial charge is 0.493 e. The number of fused-ring (bicyclic) bond motifs is 1. The maximum absolute atomic E-state index is 12.1. The van der Waals surface area contributed by atoms with Gasteiger partial charge in [0.2, 0.25) is 5.91 Å². The second-order valence-corrected chi connectivity index (χ2v) is 5.96. The molecule has 5 nitrogen and oxygen atoms in total. The molecule has 2 aromatic rings. The van der Waals surface area contributed by atoms with Crippen LogP contribution < -0.4 is 10.1 Å². The van der Waals surface area contributed by atoms with Gasteiger partial charge in [0.05, 0.1) is 19.1 Å². The van der Waals surface area contributed by atoms with Crippen LogP contribution in [0.3, 0.4) is 0 Å². The van der Waals surface area contributed by atoms with Gasteiger partial charge in [-0.15, -0.1) is 0 Å². The third-order valence-electron chi connectivity index (χ3n) is 4.26. The molecule has 1 heterocycles. The summed E-state index contributed by atoms with van der Waals surface area (Å²) in [5, 5.41) is 14.4. The highest BCUT2D eigenvalue weighted by molar-refractivity contribution is 5.83. The van der Waals surface area contributed by atoms with Crippen LogP contribution in [0.4, 0.5) is 0 Å². The molecular weight excluding hydrogens is 304 g/mol. The topological polar surface area (TPSA) is 71.4 Å². The van der Waals surface area contributed by atoms with Crippen molar-refractivity contribution < 1.29 is 14.3 Å². The Bertz CT molecular complexity index is 761. The van der Waals surface area contributed by atoms with Gasteiger partial charge in [-0.05, 0) is 22.9 Å². The van der Waals surface area contributed by atoms with Gasteiger partial charge in [0, 0.05) is 26.1 Å². The number of amides is 1. The summed E-state index contributed by atoms with van der Waals surface area (Å²) in [4.78, 5) is 12.1. The summed E-state index contributed by atoms with van der Waals surface area (Å²) in [6, 6.07) is 16.1. The van der Waals surface area contributed by atoms with Crippen molar-refractivity contribution in [2.45, 2.75) is 24.8 Å². The molecular formula is C19H20N2O3. The molecule has 0 aromatic heterocycles. The lowest BCUT2D eigenvalue weighted by atomic mass is 9.91. The van der Waals surface area contributed by atoms with E-state index in [9.17, 15) is 10.1 Å². The molecule has 1 saturated heterocycles. The van der Waals surface area contributed by atoms with Crippen LogP contribution in [0.1, 0.15) is 19.3 Å². The van der Waals surface area contributed by atoms with Crippen LogP contribution in [0.2, 0.25) is 0 Å². The Morgan fingerprint density at radius 3 is 2.71 bits per heavy atom. The molecule has 1 aliphatic rings. The van der Waals surface area contributed by atoms with Crippen molar-refractivity contribution in [1.29, 1.82) is 5.26 Å². The SMILES string of the molecule is N#CC1(NC(=O)CCOc2ccc3ccccc3c2)CCOCC1. The monoisotopic (exact) mass is 324 g/mol. The molecule has 124 valence electrons. The first-order valence-corrected chi connectivity index (χ1v) is 8.12. The third-order valence-corrected chi connectivity index (χ3v) is 4.26. The fourth-order valence-electron chi connectivity index (χ4n) is 2.83. The number of hydrogen-bond acceptors (Lipinski definition) is 4. The summed E-state index contributed by atoms with van der Waals surface area (Å²) in [5.41, 5.74) is -0.793. The average Bonchev–Trinajstić information content (AvgIpc) is 2.62. The minimum absolute atomic E-state index is 0.167. The van der Waals surface area contributed by atoms with Crippen LogP contribution in [0, 0.1) is 11.3 Å². The Morgan fingerprint density at radius 1 is 1.21 bits per heavy atom. The number of ether oxygens (including phenoxy) is 2. The third kappa shape index (κ3) is 3.84. The van der Waals surface area contributed by atoms with E-state index >= 15 is 0 Å². The number of rotatable bonds is 5. The molecule has 5 heteroatoms. The molecule has 3 rings (SSSR count). The van der Waals surface area contributed by atoms with Gasteiger partial charge in [0.1, 0.15) is 11.3 Å². The Balaban J connectivity index is 1.51. The lowest BCUT2D eigenvalue weighted by molar-refractivity contribution is -0.123. The van der Waals surface area contributed by atoms with Gasteiger partial charge < -0.3 is 14.8 Å². The molecule has 0 unspecified atom stereocenters. The summed E-state index contributed by atoms with van der Waals surface area (Å²) in [6.45, 7) is 1.28. The van der Waals surface area contributed by atoms with Gasteiger partial charge in [0.15, 0.2) is 0 Å². The van der Waals surface area contributed by atoms with Gasteiger partial charge in [-0.1, -0.05) is 30.3 Å². The summed E-state index contributed by atoms with van der Waals surface area (Å²) in [6.07, 6.45) is 1.28. The fraction of sp³-hybridized carbons (Fsp3) is 0.368. The molecule has 1 N–H and O–H groups in total. The zero-order chi connectivity index (χ0) is 16.8. The van der Waals surface area contributed by atoms with Crippen molar-refractivity contribution in [2.24, 2.45) is 0 Å². The molecule has 1 aliphatic heterocycles. The van der Waals surface area contributed by atoms with E-state index in [4.69, 9.17) is 9.47 Å². The Hall–Kier alpha value is -2.58. The fourth-order valence-corrected chi connectivity index (χ4v) is 2.83. The van der Waals surface area contributed by atoms with Gasteiger partial charge in [-0.2, -0.15) is 5.26 Å². The molecule has 0 radical (unpaired) electrons. The van der Waals surface area contributed by atoms with Gasteiger partial charge in [0.25, 0.3) is 0 Å². The number of nitriles is 1. The van der Waals surface area contributed by atoms with Gasteiger partial charge in [-0.25, -0.2) is 0 Å². The Labute approximate surface area is 141 Å². The van der Waals surface area contributed by atoms with E-state index in [1.807, 2.05) is 42.5 Å². The normalized spacial score (nSPS) is 16.3. The van der Waals surface area contributed by atoms with Crippen molar-refractivity contribution >= 4 is 16.7 Å². The maximum atomic E-state index is 12.1. The molecule has 2 aromatic carbocycles. The van der Waals surface area contributed by atoms with Crippen molar-refractivity contribution in [2.75, 3.05) is 19.8 Å². The molecule has 1 fully saturated rings. The number of nitrogens with zero attached hydrogens (tertiary/aromatic N) is 1. The molecule has 0 atom stereocenters. The predicted octanol–water partition coefficient (Wildman–Crippen LogP) is 2.80. The zero-order valence-electron chi connectivity index (χ0n) is 13.5. The number of benzene rings is 2. The highest BCUT2D eigenvalue weighted by atomic mass is 16.5. The van der Waals surface area contributed by atoms with E-state index < -0.39 is 5.54 Å². The molecule has 0 spiro atoms. The predicted molar refractivity (Wildman–Crippen MR) is 90.6 cm³/mol. The Kier molecular flexibility index (Phi) is 4.97. The number of carbonyl (C=O) groups is 1. The smallest absolute Gasteiger partial charge is 0.224 e. The van der Waals surface area contributed by atoms with Crippen molar-refractivity contribution in [1.82, 2.24) is 5.32 Å². The van der Waals surface area contributed by atoms with Crippen LogP contribution in [0.25, 0.3) is 10.8 Å². The standard InChI is InChI=1S/C19H20N2O3/c20-14-19(8-11-23-12-9-19)21-18(22)7-10-24-17-6-5-15-3-1-2-4-16(15)13-17/h1-6,13H,7-12H2,(H,21,22). The lowest BCUT2D eigenvalue weighted by Crippen LogP contribution is -2.51. The van der Waals surface area contributed by atoms with Crippen LogP contribution in [0.15, 0.2) is 42.5 Å². The van der Waals surface area contributed by atoms with Crippen LogP contribution in [-0.4, -0.2) is 31.3 Å². The number of carbonyl (C=O) groups excluding carboxylic acids is 1. The van der Waals surface area contributed by atoms with Gasteiger partial charge >= 0.3 is 0 Å². The maximum Gasteiger partial charge on any atom is 0.224 e. The molecule has 0 saturated carbocycles. The first-order valence-electron chi connectivity index (χ1n) is 8.12. The van der Waals surface area contributed by atoms with E-state index in [0.717, 1.165) is 16.5 Å². The van der Waals surface area contributed by atoms with Crippen molar-refractivity contribution in [3.05, 3.63) is 42.5 Å². The number of nitrogens with one attached hydrogen (secondary N) is 1.